The van der Waals surface area contributed by atoms with Gasteiger partial charge >= 0.3 is 6.03 Å². The molecule has 0 spiro atoms. The predicted molar refractivity (Wildman–Crippen MR) is 114 cm³/mol. The van der Waals surface area contributed by atoms with E-state index in [1.807, 2.05) is 30.3 Å². The molecule has 2 unspecified atom stereocenters. The van der Waals surface area contributed by atoms with Crippen LogP contribution < -0.4 is 10.7 Å². The number of carbonyl (C=O) groups excluding carboxylic acids is 3. The van der Waals surface area contributed by atoms with Crippen molar-refractivity contribution in [1.82, 2.24) is 20.7 Å². The van der Waals surface area contributed by atoms with Crippen LogP contribution in [0.25, 0.3) is 0 Å². The highest BCUT2D eigenvalue weighted by Gasteiger charge is 2.48. The Morgan fingerprint density at radius 2 is 2.06 bits per heavy atom. The van der Waals surface area contributed by atoms with E-state index in [2.05, 4.69) is 16.7 Å². The van der Waals surface area contributed by atoms with Crippen molar-refractivity contribution in [3.8, 4) is 12.3 Å². The largest absolute Gasteiger partial charge is 0.344 e. The molecule has 0 saturated carbocycles. The number of nitrogens with one attached hydrogen (secondary N) is 2. The molecule has 166 valence electrons. The molecule has 2 fully saturated rings. The van der Waals surface area contributed by atoms with E-state index in [0.29, 0.717) is 24.3 Å². The molecule has 1 aromatic carbocycles. The molecule has 4 amide bonds. The third-order valence-electron chi connectivity index (χ3n) is 5.62. The Morgan fingerprint density at radius 1 is 1.35 bits per heavy atom. The third-order valence-corrected chi connectivity index (χ3v) is 7.37. The summed E-state index contributed by atoms with van der Waals surface area (Å²) in [6.07, 6.45) is 6.70. The SMILES string of the molecule is C#CCN(CC(=O)NN1C(=O)NC(C)(CCc2ccccc2)C1=O)C1CCS(=O)(=O)C1. The van der Waals surface area contributed by atoms with Crippen LogP contribution in [0.5, 0.6) is 0 Å². The molecule has 10 heteroatoms. The minimum Gasteiger partial charge on any atom is -0.322 e. The van der Waals surface area contributed by atoms with Crippen LogP contribution in [0.2, 0.25) is 0 Å². The zero-order chi connectivity index (χ0) is 22.6. The number of benzene rings is 1. The van der Waals surface area contributed by atoms with Gasteiger partial charge in [0, 0.05) is 6.04 Å². The summed E-state index contributed by atoms with van der Waals surface area (Å²) < 4.78 is 23.5. The van der Waals surface area contributed by atoms with Crippen LogP contribution in [0, 0.1) is 12.3 Å². The first-order chi connectivity index (χ1) is 14.6. The molecule has 1 aromatic rings. The lowest BCUT2D eigenvalue weighted by molar-refractivity contribution is -0.139. The minimum atomic E-state index is -3.15. The Morgan fingerprint density at radius 3 is 2.68 bits per heavy atom. The Bertz CT molecular complexity index is 1000. The zero-order valence-electron chi connectivity index (χ0n) is 17.3. The summed E-state index contributed by atoms with van der Waals surface area (Å²) in [5, 5.41) is 3.33. The number of imide groups is 1. The van der Waals surface area contributed by atoms with Crippen molar-refractivity contribution < 1.29 is 22.8 Å². The second-order valence-corrected chi connectivity index (χ2v) is 10.3. The number of nitrogens with zero attached hydrogens (tertiary/aromatic N) is 2. The van der Waals surface area contributed by atoms with Crippen molar-refractivity contribution >= 4 is 27.7 Å². The lowest BCUT2D eigenvalue weighted by atomic mass is 9.93. The second kappa shape index (κ2) is 9.08. The molecule has 0 bridgehead atoms. The Balaban J connectivity index is 1.60. The number of hydrogen-bond acceptors (Lipinski definition) is 6. The number of urea groups is 1. The molecule has 2 saturated heterocycles. The molecule has 2 N–H and O–H groups in total. The third kappa shape index (κ3) is 5.42. The molecule has 0 aromatic heterocycles. The molecule has 2 atom stereocenters. The van der Waals surface area contributed by atoms with Crippen molar-refractivity contribution in [2.45, 2.75) is 37.8 Å². The minimum absolute atomic E-state index is 0.0488. The van der Waals surface area contributed by atoms with Gasteiger partial charge in [0.1, 0.15) is 5.54 Å². The van der Waals surface area contributed by atoms with Crippen LogP contribution >= 0.6 is 0 Å². The number of hydrazine groups is 1. The molecule has 0 aliphatic carbocycles. The first-order valence-electron chi connectivity index (χ1n) is 10.0. The molecule has 2 aliphatic heterocycles. The van der Waals surface area contributed by atoms with Crippen LogP contribution in [0.4, 0.5) is 4.79 Å². The number of carbonyl (C=O) groups is 3. The quantitative estimate of drug-likeness (QED) is 0.432. The van der Waals surface area contributed by atoms with Gasteiger partial charge < -0.3 is 5.32 Å². The standard InChI is InChI=1S/C21H26N4O5S/c1-3-12-24(17-10-13-31(29,30)15-17)14-18(26)23-25-19(27)21(2,22-20(25)28)11-9-16-7-5-4-6-8-16/h1,4-8,17H,9-15H2,2H3,(H,22,28)(H,23,26). The molecule has 2 aliphatic rings. The van der Waals surface area contributed by atoms with Gasteiger partial charge in [0.2, 0.25) is 0 Å². The summed E-state index contributed by atoms with van der Waals surface area (Å²) in [7, 11) is -3.15. The van der Waals surface area contributed by atoms with Crippen molar-refractivity contribution in [2.24, 2.45) is 0 Å². The molecular formula is C21H26N4O5S. The summed E-state index contributed by atoms with van der Waals surface area (Å²) in [5.74, 6) is 1.24. The molecule has 31 heavy (non-hydrogen) atoms. The number of amides is 4. The Labute approximate surface area is 182 Å². The van der Waals surface area contributed by atoms with Gasteiger partial charge in [-0.05, 0) is 31.7 Å². The van der Waals surface area contributed by atoms with E-state index >= 15 is 0 Å². The number of rotatable bonds is 8. The summed E-state index contributed by atoms with van der Waals surface area (Å²) in [6.45, 7) is 1.49. The fourth-order valence-electron chi connectivity index (χ4n) is 3.83. The summed E-state index contributed by atoms with van der Waals surface area (Å²) in [4.78, 5) is 39.3. The van der Waals surface area contributed by atoms with Gasteiger partial charge in [0.25, 0.3) is 11.8 Å². The molecule has 2 heterocycles. The first-order valence-corrected chi connectivity index (χ1v) is 11.8. The van der Waals surface area contributed by atoms with Gasteiger partial charge in [-0.3, -0.25) is 19.9 Å². The number of terminal acetylenes is 1. The highest BCUT2D eigenvalue weighted by molar-refractivity contribution is 7.91. The number of hydrogen-bond donors (Lipinski definition) is 2. The summed E-state index contributed by atoms with van der Waals surface area (Å²) >= 11 is 0. The monoisotopic (exact) mass is 446 g/mol. The van der Waals surface area contributed by atoms with E-state index in [1.165, 1.54) is 0 Å². The van der Waals surface area contributed by atoms with Gasteiger partial charge in [-0.2, -0.15) is 5.01 Å². The predicted octanol–water partition coefficient (Wildman–Crippen LogP) is 0.0832. The maximum atomic E-state index is 12.8. The first kappa shape index (κ1) is 22.8. The molecule has 3 rings (SSSR count). The van der Waals surface area contributed by atoms with Gasteiger partial charge in [-0.25, -0.2) is 13.2 Å². The van der Waals surface area contributed by atoms with E-state index in [1.54, 1.807) is 11.8 Å². The van der Waals surface area contributed by atoms with Crippen molar-refractivity contribution in [3.63, 3.8) is 0 Å². The zero-order valence-corrected chi connectivity index (χ0v) is 18.2. The average Bonchev–Trinajstić information content (AvgIpc) is 3.19. The van der Waals surface area contributed by atoms with Crippen LogP contribution in [-0.4, -0.2) is 72.3 Å². The smallest absolute Gasteiger partial charge is 0.322 e. The van der Waals surface area contributed by atoms with Gasteiger partial charge in [0.05, 0.1) is 24.6 Å². The highest BCUT2D eigenvalue weighted by atomic mass is 32.2. The van der Waals surface area contributed by atoms with E-state index in [-0.39, 0.29) is 30.6 Å². The van der Waals surface area contributed by atoms with E-state index in [4.69, 9.17) is 6.42 Å². The van der Waals surface area contributed by atoms with E-state index in [0.717, 1.165) is 5.56 Å². The number of sulfone groups is 1. The summed E-state index contributed by atoms with van der Waals surface area (Å²) in [5.41, 5.74) is 2.23. The highest BCUT2D eigenvalue weighted by Crippen LogP contribution is 2.22. The lowest BCUT2D eigenvalue weighted by Gasteiger charge is -2.26. The normalized spacial score (nSPS) is 24.8. The fourth-order valence-corrected chi connectivity index (χ4v) is 5.60. The van der Waals surface area contributed by atoms with Crippen molar-refractivity contribution in [2.75, 3.05) is 24.6 Å². The maximum absolute atomic E-state index is 12.8. The fraction of sp³-hybridized carbons (Fsp3) is 0.476. The molecule has 9 nitrogen and oxygen atoms in total. The van der Waals surface area contributed by atoms with Crippen LogP contribution in [0.1, 0.15) is 25.3 Å². The van der Waals surface area contributed by atoms with E-state index in [9.17, 15) is 22.8 Å². The average molecular weight is 447 g/mol. The molecule has 0 radical (unpaired) electrons. The van der Waals surface area contributed by atoms with Gasteiger partial charge in [0.15, 0.2) is 9.84 Å². The van der Waals surface area contributed by atoms with Gasteiger partial charge in [-0.15, -0.1) is 6.42 Å². The Kier molecular flexibility index (Phi) is 6.67. The van der Waals surface area contributed by atoms with Crippen molar-refractivity contribution in [1.29, 1.82) is 0 Å². The van der Waals surface area contributed by atoms with Gasteiger partial charge in [-0.1, -0.05) is 36.3 Å². The topological polar surface area (TPSA) is 116 Å². The van der Waals surface area contributed by atoms with Crippen LogP contribution in [0.3, 0.4) is 0 Å². The second-order valence-electron chi connectivity index (χ2n) is 8.09. The van der Waals surface area contributed by atoms with E-state index < -0.39 is 33.2 Å². The van der Waals surface area contributed by atoms with Crippen LogP contribution in [-0.2, 0) is 25.8 Å². The maximum Gasteiger partial charge on any atom is 0.344 e. The lowest BCUT2D eigenvalue weighted by Crippen LogP contribution is -2.52. The van der Waals surface area contributed by atoms with Crippen molar-refractivity contribution in [3.05, 3.63) is 35.9 Å². The number of aryl methyl sites for hydroxylation is 1. The van der Waals surface area contributed by atoms with Crippen LogP contribution in [0.15, 0.2) is 30.3 Å². The summed E-state index contributed by atoms with van der Waals surface area (Å²) in [6, 6.07) is 8.50. The Hall–Kier alpha value is -2.90. The molecular weight excluding hydrogens is 420 g/mol.